The van der Waals surface area contributed by atoms with Gasteiger partial charge in [-0.05, 0) is 49.4 Å². The van der Waals surface area contributed by atoms with Gasteiger partial charge in [-0.2, -0.15) is 0 Å². The van der Waals surface area contributed by atoms with Crippen molar-refractivity contribution in [2.45, 2.75) is 6.92 Å². The van der Waals surface area contributed by atoms with Gasteiger partial charge in [-0.3, -0.25) is 0 Å². The number of aromatic nitrogens is 1. The van der Waals surface area contributed by atoms with E-state index in [9.17, 15) is 4.79 Å². The SMILES string of the molecule is COc1ccc(Cl)c2c(Nc3ccc(C(=O)O)cc3)cc(C)nc12. The molecule has 2 aromatic carbocycles. The lowest BCUT2D eigenvalue weighted by atomic mass is 10.1. The molecule has 0 bridgehead atoms. The second-order valence-corrected chi connectivity index (χ2v) is 5.70. The summed E-state index contributed by atoms with van der Waals surface area (Å²) in [5, 5.41) is 13.6. The molecular weight excluding hydrogens is 328 g/mol. The standard InChI is InChI=1S/C18H15ClN2O3/c1-10-9-14(21-12-5-3-11(4-6-12)18(22)23)16-13(19)7-8-15(24-2)17(16)20-10/h3-9H,1-2H3,(H,20,21)(H,22,23). The zero-order valence-electron chi connectivity index (χ0n) is 13.1. The summed E-state index contributed by atoms with van der Waals surface area (Å²) in [5.74, 6) is -0.318. The zero-order valence-corrected chi connectivity index (χ0v) is 13.9. The van der Waals surface area contributed by atoms with Gasteiger partial charge < -0.3 is 15.2 Å². The highest BCUT2D eigenvalue weighted by Crippen LogP contribution is 2.36. The number of halogens is 1. The number of methoxy groups -OCH3 is 1. The van der Waals surface area contributed by atoms with Crippen molar-refractivity contribution in [3.05, 3.63) is 58.7 Å². The Balaban J connectivity index is 2.10. The van der Waals surface area contributed by atoms with Crippen molar-refractivity contribution in [1.29, 1.82) is 0 Å². The van der Waals surface area contributed by atoms with Gasteiger partial charge in [0.2, 0.25) is 0 Å². The first kappa shape index (κ1) is 16.1. The first-order valence-corrected chi connectivity index (χ1v) is 7.61. The topological polar surface area (TPSA) is 71.5 Å². The molecule has 0 aliphatic rings. The molecule has 0 amide bonds. The number of pyridine rings is 1. The van der Waals surface area contributed by atoms with Gasteiger partial charge in [0.25, 0.3) is 0 Å². The van der Waals surface area contributed by atoms with Crippen LogP contribution in [-0.4, -0.2) is 23.2 Å². The van der Waals surface area contributed by atoms with E-state index in [-0.39, 0.29) is 5.56 Å². The molecule has 1 heterocycles. The molecule has 1 aromatic heterocycles. The Morgan fingerprint density at radius 3 is 2.54 bits per heavy atom. The molecule has 122 valence electrons. The summed E-state index contributed by atoms with van der Waals surface area (Å²) in [4.78, 5) is 15.5. The minimum absolute atomic E-state index is 0.232. The van der Waals surface area contributed by atoms with Gasteiger partial charge in [0.15, 0.2) is 0 Å². The molecule has 0 aliphatic carbocycles. The number of fused-ring (bicyclic) bond motifs is 1. The predicted molar refractivity (Wildman–Crippen MR) is 94.7 cm³/mol. The number of aromatic carboxylic acids is 1. The molecule has 0 atom stereocenters. The van der Waals surface area contributed by atoms with Crippen LogP contribution in [0.5, 0.6) is 5.75 Å². The summed E-state index contributed by atoms with van der Waals surface area (Å²) in [5.41, 5.74) is 3.26. The number of carbonyl (C=O) groups is 1. The van der Waals surface area contributed by atoms with Crippen LogP contribution in [0.15, 0.2) is 42.5 Å². The van der Waals surface area contributed by atoms with Crippen molar-refractivity contribution in [3.63, 3.8) is 0 Å². The number of nitrogens with zero attached hydrogens (tertiary/aromatic N) is 1. The molecule has 0 saturated carbocycles. The number of nitrogens with one attached hydrogen (secondary N) is 1. The van der Waals surface area contributed by atoms with Crippen LogP contribution in [0.2, 0.25) is 5.02 Å². The van der Waals surface area contributed by atoms with Crippen molar-refractivity contribution in [2.75, 3.05) is 12.4 Å². The minimum Gasteiger partial charge on any atom is -0.494 e. The van der Waals surface area contributed by atoms with E-state index in [0.29, 0.717) is 16.3 Å². The number of aryl methyl sites for hydroxylation is 1. The lowest BCUT2D eigenvalue weighted by Gasteiger charge is -2.14. The van der Waals surface area contributed by atoms with Crippen LogP contribution in [-0.2, 0) is 0 Å². The fourth-order valence-electron chi connectivity index (χ4n) is 2.52. The van der Waals surface area contributed by atoms with Crippen LogP contribution in [0.25, 0.3) is 10.9 Å². The molecule has 0 saturated heterocycles. The molecule has 0 aliphatic heterocycles. The summed E-state index contributed by atoms with van der Waals surface area (Å²) in [6, 6.07) is 11.9. The van der Waals surface area contributed by atoms with E-state index in [4.69, 9.17) is 21.4 Å². The molecule has 3 rings (SSSR count). The number of rotatable bonds is 4. The molecule has 0 spiro atoms. The van der Waals surface area contributed by atoms with Crippen molar-refractivity contribution in [2.24, 2.45) is 0 Å². The minimum atomic E-state index is -0.959. The molecule has 0 fully saturated rings. The second-order valence-electron chi connectivity index (χ2n) is 5.29. The van der Waals surface area contributed by atoms with E-state index in [2.05, 4.69) is 10.3 Å². The molecule has 5 nitrogen and oxygen atoms in total. The van der Waals surface area contributed by atoms with Gasteiger partial charge in [-0.15, -0.1) is 0 Å². The van der Waals surface area contributed by atoms with Gasteiger partial charge in [-0.1, -0.05) is 11.6 Å². The van der Waals surface area contributed by atoms with Crippen LogP contribution in [0.1, 0.15) is 16.1 Å². The average Bonchev–Trinajstić information content (AvgIpc) is 2.55. The highest BCUT2D eigenvalue weighted by molar-refractivity contribution is 6.36. The van der Waals surface area contributed by atoms with Gasteiger partial charge >= 0.3 is 5.97 Å². The zero-order chi connectivity index (χ0) is 17.3. The lowest BCUT2D eigenvalue weighted by molar-refractivity contribution is 0.0697. The number of anilines is 2. The first-order chi connectivity index (χ1) is 11.5. The summed E-state index contributed by atoms with van der Waals surface area (Å²) in [7, 11) is 1.59. The van der Waals surface area contributed by atoms with E-state index in [1.54, 1.807) is 43.5 Å². The summed E-state index contributed by atoms with van der Waals surface area (Å²) in [6.45, 7) is 1.89. The number of carboxylic acids is 1. The van der Waals surface area contributed by atoms with E-state index in [0.717, 1.165) is 22.5 Å². The highest BCUT2D eigenvalue weighted by atomic mass is 35.5. The normalized spacial score (nSPS) is 10.6. The maximum atomic E-state index is 10.9. The second kappa shape index (κ2) is 6.37. The Kier molecular flexibility index (Phi) is 4.27. The van der Waals surface area contributed by atoms with E-state index >= 15 is 0 Å². The molecule has 3 aromatic rings. The van der Waals surface area contributed by atoms with Crippen LogP contribution in [0.3, 0.4) is 0 Å². The number of hydrogen-bond acceptors (Lipinski definition) is 4. The highest BCUT2D eigenvalue weighted by Gasteiger charge is 2.13. The molecule has 2 N–H and O–H groups in total. The summed E-state index contributed by atoms with van der Waals surface area (Å²) < 4.78 is 5.37. The molecule has 24 heavy (non-hydrogen) atoms. The Morgan fingerprint density at radius 2 is 1.92 bits per heavy atom. The van der Waals surface area contributed by atoms with Gasteiger partial charge in [0, 0.05) is 16.8 Å². The van der Waals surface area contributed by atoms with Crippen molar-refractivity contribution in [3.8, 4) is 5.75 Å². The fourth-order valence-corrected chi connectivity index (χ4v) is 2.77. The first-order valence-electron chi connectivity index (χ1n) is 7.24. The Labute approximate surface area is 143 Å². The Morgan fingerprint density at radius 1 is 1.21 bits per heavy atom. The van der Waals surface area contributed by atoms with E-state index < -0.39 is 5.97 Å². The smallest absolute Gasteiger partial charge is 0.335 e. The third-order valence-electron chi connectivity index (χ3n) is 3.63. The Hall–Kier alpha value is -2.79. The number of ether oxygens (including phenoxy) is 1. The van der Waals surface area contributed by atoms with Crippen LogP contribution in [0, 0.1) is 6.92 Å². The van der Waals surface area contributed by atoms with E-state index in [1.165, 1.54) is 0 Å². The Bertz CT molecular complexity index is 924. The molecule has 6 heteroatoms. The van der Waals surface area contributed by atoms with Gasteiger partial charge in [0.05, 0.1) is 23.4 Å². The lowest BCUT2D eigenvalue weighted by Crippen LogP contribution is -1.99. The van der Waals surface area contributed by atoms with Gasteiger partial charge in [-0.25, -0.2) is 9.78 Å². The molecular formula is C18H15ClN2O3. The number of benzene rings is 2. The van der Waals surface area contributed by atoms with Crippen molar-refractivity contribution < 1.29 is 14.6 Å². The average molecular weight is 343 g/mol. The molecule has 0 unspecified atom stereocenters. The van der Waals surface area contributed by atoms with Gasteiger partial charge in [0.1, 0.15) is 11.3 Å². The third-order valence-corrected chi connectivity index (χ3v) is 3.95. The van der Waals surface area contributed by atoms with Crippen LogP contribution >= 0.6 is 11.6 Å². The largest absolute Gasteiger partial charge is 0.494 e. The number of hydrogen-bond donors (Lipinski definition) is 2. The quantitative estimate of drug-likeness (QED) is 0.722. The van der Waals surface area contributed by atoms with Crippen molar-refractivity contribution >= 4 is 39.8 Å². The predicted octanol–water partition coefficient (Wildman–Crippen LogP) is 4.65. The maximum Gasteiger partial charge on any atom is 0.335 e. The third kappa shape index (κ3) is 2.98. The van der Waals surface area contributed by atoms with Crippen LogP contribution in [0.4, 0.5) is 11.4 Å². The fraction of sp³-hybridized carbons (Fsp3) is 0.111. The summed E-state index contributed by atoms with van der Waals surface area (Å²) in [6.07, 6.45) is 0. The van der Waals surface area contributed by atoms with Crippen molar-refractivity contribution in [1.82, 2.24) is 4.98 Å². The van der Waals surface area contributed by atoms with Crippen LogP contribution < -0.4 is 10.1 Å². The summed E-state index contributed by atoms with van der Waals surface area (Å²) >= 11 is 6.36. The monoisotopic (exact) mass is 342 g/mol. The molecule has 0 radical (unpaired) electrons. The number of carboxylic acid groups (broad SMARTS) is 1. The van der Waals surface area contributed by atoms with E-state index in [1.807, 2.05) is 13.0 Å². The maximum absolute atomic E-state index is 10.9.